The van der Waals surface area contributed by atoms with Crippen LogP contribution < -0.4 is 10.2 Å². The number of thiazole rings is 1. The molecule has 0 radical (unpaired) electrons. The molecule has 154 valence electrons. The first-order chi connectivity index (χ1) is 13.3. The summed E-state index contributed by atoms with van der Waals surface area (Å²) in [6.07, 6.45) is 0. The van der Waals surface area contributed by atoms with Gasteiger partial charge in [-0.05, 0) is 39.0 Å². The lowest BCUT2D eigenvalue weighted by atomic mass is 10.2. The van der Waals surface area contributed by atoms with Crippen molar-refractivity contribution in [3.63, 3.8) is 0 Å². The number of carbonyl (C=O) groups is 1. The number of sulfonamides is 1. The Morgan fingerprint density at radius 2 is 1.75 bits per heavy atom. The average molecular weight is 425 g/mol. The Labute approximate surface area is 171 Å². The van der Waals surface area contributed by atoms with Crippen LogP contribution in [0.1, 0.15) is 43.2 Å². The van der Waals surface area contributed by atoms with Crippen molar-refractivity contribution in [2.75, 3.05) is 36.4 Å². The van der Waals surface area contributed by atoms with E-state index in [4.69, 9.17) is 0 Å². The first kappa shape index (κ1) is 22.3. The van der Waals surface area contributed by atoms with Gasteiger partial charge in [-0.15, -0.1) is 11.3 Å². The van der Waals surface area contributed by atoms with E-state index in [-0.39, 0.29) is 10.8 Å². The van der Waals surface area contributed by atoms with Gasteiger partial charge in [0.1, 0.15) is 5.69 Å². The van der Waals surface area contributed by atoms with Gasteiger partial charge in [-0.1, -0.05) is 13.8 Å². The van der Waals surface area contributed by atoms with Crippen LogP contribution in [0, 0.1) is 6.92 Å². The molecular formula is C19H28N4O3S2. The van der Waals surface area contributed by atoms with Crippen LogP contribution in [0.2, 0.25) is 0 Å². The zero-order valence-corrected chi connectivity index (χ0v) is 18.7. The molecule has 0 atom stereocenters. The van der Waals surface area contributed by atoms with E-state index in [1.807, 2.05) is 20.8 Å². The molecule has 9 heteroatoms. The summed E-state index contributed by atoms with van der Waals surface area (Å²) in [7, 11) is -3.63. The summed E-state index contributed by atoms with van der Waals surface area (Å²) in [6, 6.07) is 4.90. The van der Waals surface area contributed by atoms with E-state index in [1.165, 1.54) is 15.6 Å². The fraction of sp³-hybridized carbons (Fsp3) is 0.474. The van der Waals surface area contributed by atoms with Gasteiger partial charge >= 0.3 is 0 Å². The van der Waals surface area contributed by atoms with Crippen LogP contribution in [0.25, 0.3) is 0 Å². The number of anilines is 2. The number of rotatable bonds is 9. The molecule has 1 aromatic heterocycles. The minimum Gasteiger partial charge on any atom is -0.370 e. The Kier molecular flexibility index (Phi) is 7.56. The zero-order chi connectivity index (χ0) is 20.9. The first-order valence-corrected chi connectivity index (χ1v) is 11.7. The highest BCUT2D eigenvalue weighted by molar-refractivity contribution is 7.89. The Bertz CT molecular complexity index is 917. The van der Waals surface area contributed by atoms with E-state index in [0.29, 0.717) is 24.5 Å². The second kappa shape index (κ2) is 9.49. The van der Waals surface area contributed by atoms with Crippen molar-refractivity contribution in [3.05, 3.63) is 34.3 Å². The van der Waals surface area contributed by atoms with E-state index in [9.17, 15) is 13.2 Å². The Morgan fingerprint density at radius 1 is 1.11 bits per heavy atom. The molecule has 0 aliphatic rings. The number of aromatic nitrogens is 1. The molecule has 28 heavy (non-hydrogen) atoms. The highest BCUT2D eigenvalue weighted by atomic mass is 32.2. The second-order valence-corrected chi connectivity index (χ2v) is 9.15. The third kappa shape index (κ3) is 4.71. The highest BCUT2D eigenvalue weighted by Crippen LogP contribution is 2.30. The molecule has 0 fully saturated rings. The summed E-state index contributed by atoms with van der Waals surface area (Å²) in [5.41, 5.74) is 1.57. The summed E-state index contributed by atoms with van der Waals surface area (Å²) in [6.45, 7) is 11.7. The van der Waals surface area contributed by atoms with Gasteiger partial charge in [-0.25, -0.2) is 13.4 Å². The Morgan fingerprint density at radius 3 is 2.25 bits per heavy atom. The fourth-order valence-corrected chi connectivity index (χ4v) is 5.06. The van der Waals surface area contributed by atoms with Gasteiger partial charge in [-0.2, -0.15) is 4.31 Å². The third-order valence-corrected chi connectivity index (χ3v) is 7.33. The van der Waals surface area contributed by atoms with Gasteiger partial charge in [0.2, 0.25) is 10.0 Å². The minimum absolute atomic E-state index is 0.164. The van der Waals surface area contributed by atoms with Gasteiger partial charge in [0.15, 0.2) is 0 Å². The summed E-state index contributed by atoms with van der Waals surface area (Å²) in [5, 5.41) is 5.35. The molecule has 7 nitrogen and oxygen atoms in total. The van der Waals surface area contributed by atoms with Crippen LogP contribution in [-0.2, 0) is 10.0 Å². The lowest BCUT2D eigenvalue weighted by molar-refractivity contribution is 0.102. The van der Waals surface area contributed by atoms with Gasteiger partial charge < -0.3 is 10.2 Å². The first-order valence-electron chi connectivity index (χ1n) is 9.40. The lowest BCUT2D eigenvalue weighted by Gasteiger charge is -2.25. The average Bonchev–Trinajstić information content (AvgIpc) is 3.11. The Hall–Kier alpha value is -1.97. The third-order valence-electron chi connectivity index (χ3n) is 4.52. The number of hydrogen-bond donors (Lipinski definition) is 1. The number of nitrogens with zero attached hydrogens (tertiary/aromatic N) is 3. The lowest BCUT2D eigenvalue weighted by Crippen LogP contribution is -2.31. The summed E-state index contributed by atoms with van der Waals surface area (Å²) in [4.78, 5) is 19.1. The predicted molar refractivity (Wildman–Crippen MR) is 115 cm³/mol. The van der Waals surface area contributed by atoms with E-state index in [1.54, 1.807) is 37.4 Å². The molecule has 0 aliphatic carbocycles. The van der Waals surface area contributed by atoms with Crippen molar-refractivity contribution in [1.29, 1.82) is 0 Å². The van der Waals surface area contributed by atoms with Crippen LogP contribution in [0.15, 0.2) is 28.5 Å². The highest BCUT2D eigenvalue weighted by Gasteiger charge is 2.24. The molecule has 1 amide bonds. The number of amides is 1. The fourth-order valence-electron chi connectivity index (χ4n) is 2.98. The molecule has 2 rings (SSSR count). The number of hydrogen-bond acceptors (Lipinski definition) is 6. The van der Waals surface area contributed by atoms with E-state index in [2.05, 4.69) is 15.2 Å². The van der Waals surface area contributed by atoms with Gasteiger partial charge in [0, 0.05) is 31.6 Å². The topological polar surface area (TPSA) is 82.6 Å². The molecule has 0 saturated carbocycles. The quantitative estimate of drug-likeness (QED) is 0.665. The van der Waals surface area contributed by atoms with Gasteiger partial charge in [0.05, 0.1) is 21.3 Å². The molecule has 2 aromatic rings. The predicted octanol–water partition coefficient (Wildman–Crippen LogP) is 3.58. The molecule has 1 N–H and O–H groups in total. The molecule has 1 aromatic carbocycles. The van der Waals surface area contributed by atoms with Crippen molar-refractivity contribution in [2.45, 2.75) is 39.5 Å². The van der Waals surface area contributed by atoms with Crippen LogP contribution in [0.5, 0.6) is 0 Å². The molecule has 0 unspecified atom stereocenters. The number of aryl methyl sites for hydroxylation is 1. The minimum atomic E-state index is -3.63. The van der Waals surface area contributed by atoms with Gasteiger partial charge in [-0.3, -0.25) is 4.79 Å². The van der Waals surface area contributed by atoms with Crippen molar-refractivity contribution < 1.29 is 13.2 Å². The summed E-state index contributed by atoms with van der Waals surface area (Å²) >= 11 is 1.40. The van der Waals surface area contributed by atoms with E-state index in [0.717, 1.165) is 23.8 Å². The van der Waals surface area contributed by atoms with Gasteiger partial charge in [0.25, 0.3) is 5.91 Å². The number of carbonyl (C=O) groups excluding carboxylic acids is 1. The zero-order valence-electron chi connectivity index (χ0n) is 17.0. The summed E-state index contributed by atoms with van der Waals surface area (Å²) < 4.78 is 27.2. The smallest absolute Gasteiger partial charge is 0.275 e. The molecular weight excluding hydrogens is 396 g/mol. The monoisotopic (exact) mass is 424 g/mol. The standard InChI is InChI=1S/C19H28N4O3S2/c1-6-22(7-2)18-11-10-15(28(25,26)23(8-3)9-4)12-16(18)21-19(24)17-13-27-14(5)20-17/h10-13H,6-9H2,1-5H3,(H,21,24). The van der Waals surface area contributed by atoms with Crippen molar-refractivity contribution in [1.82, 2.24) is 9.29 Å². The van der Waals surface area contributed by atoms with E-state index < -0.39 is 10.0 Å². The molecule has 1 heterocycles. The van der Waals surface area contributed by atoms with Crippen molar-refractivity contribution in [2.24, 2.45) is 0 Å². The largest absolute Gasteiger partial charge is 0.370 e. The van der Waals surface area contributed by atoms with Crippen molar-refractivity contribution >= 4 is 38.6 Å². The van der Waals surface area contributed by atoms with Crippen LogP contribution in [0.4, 0.5) is 11.4 Å². The van der Waals surface area contributed by atoms with Crippen LogP contribution in [0.3, 0.4) is 0 Å². The Balaban J connectivity index is 2.50. The van der Waals surface area contributed by atoms with Crippen LogP contribution in [-0.4, -0.2) is 49.8 Å². The number of benzene rings is 1. The SMILES string of the molecule is CCN(CC)c1ccc(S(=O)(=O)N(CC)CC)cc1NC(=O)c1csc(C)n1. The molecule has 0 saturated heterocycles. The normalized spacial score (nSPS) is 11.6. The molecule has 0 bridgehead atoms. The maximum atomic E-state index is 12.9. The van der Waals surface area contributed by atoms with Crippen LogP contribution >= 0.6 is 11.3 Å². The second-order valence-electron chi connectivity index (χ2n) is 6.15. The molecule has 0 spiro atoms. The van der Waals surface area contributed by atoms with E-state index >= 15 is 0 Å². The molecule has 0 aliphatic heterocycles. The maximum Gasteiger partial charge on any atom is 0.275 e. The van der Waals surface area contributed by atoms with Crippen molar-refractivity contribution in [3.8, 4) is 0 Å². The number of nitrogens with one attached hydrogen (secondary N) is 1. The maximum absolute atomic E-state index is 12.9. The summed E-state index contributed by atoms with van der Waals surface area (Å²) in [5.74, 6) is -0.352.